The minimum absolute atomic E-state index is 0.0600. The van der Waals surface area contributed by atoms with E-state index in [1.165, 1.54) is 25.1 Å². The average Bonchev–Trinajstić information content (AvgIpc) is 2.83. The van der Waals surface area contributed by atoms with Crippen molar-refractivity contribution >= 4 is 23.9 Å². The highest BCUT2D eigenvalue weighted by Crippen LogP contribution is 2.34. The zero-order valence-electron chi connectivity index (χ0n) is 22.9. The van der Waals surface area contributed by atoms with E-state index in [0.717, 1.165) is 22.3 Å². The first-order chi connectivity index (χ1) is 17.4. The molecule has 0 aliphatic heterocycles. The summed E-state index contributed by atoms with van der Waals surface area (Å²) in [5.41, 5.74) is 3.16. The van der Waals surface area contributed by atoms with Gasteiger partial charge in [-0.1, -0.05) is 57.8 Å². The first-order valence-corrected chi connectivity index (χ1v) is 17.6. The highest BCUT2D eigenvalue weighted by atomic mass is 32.2. The highest BCUT2D eigenvalue weighted by molar-refractivity contribution is 7.93. The molecule has 0 atom stereocenters. The third-order valence-electron chi connectivity index (χ3n) is 5.74. The van der Waals surface area contributed by atoms with E-state index >= 15 is 0 Å². The van der Waals surface area contributed by atoms with Gasteiger partial charge in [0.2, 0.25) is 5.82 Å². The first-order valence-electron chi connectivity index (χ1n) is 12.4. The standard InChI is InChI=1S/C27H38N4O4SSi/c1-20(2)16-22-8-10-23(11-9-22)24-12-13-28-18-25(24)36(32,33)31(19-35-14-15-37(5,6)7)26-27(34-4)30-21(3)17-29-26/h8-13,17-18,20H,14-16,19H2,1-7H3. The SMILES string of the molecule is COc1nc(C)cnc1N(COCC[Si](C)(C)C)S(=O)(=O)c1cnccc1-c1ccc(CC(C)C)cc1. The van der Waals surface area contributed by atoms with Gasteiger partial charge in [0.15, 0.2) is 0 Å². The molecule has 1 aromatic carbocycles. The van der Waals surface area contributed by atoms with Gasteiger partial charge in [-0.15, -0.1) is 0 Å². The Morgan fingerprint density at radius 3 is 2.38 bits per heavy atom. The van der Waals surface area contributed by atoms with Crippen LogP contribution in [0.5, 0.6) is 5.88 Å². The van der Waals surface area contributed by atoms with Crippen molar-refractivity contribution < 1.29 is 17.9 Å². The van der Waals surface area contributed by atoms with E-state index in [2.05, 4.69) is 48.4 Å². The third kappa shape index (κ3) is 7.59. The summed E-state index contributed by atoms with van der Waals surface area (Å²) >= 11 is 0. The van der Waals surface area contributed by atoms with E-state index in [-0.39, 0.29) is 23.3 Å². The maximum absolute atomic E-state index is 14.2. The molecule has 10 heteroatoms. The van der Waals surface area contributed by atoms with Crippen LogP contribution in [0.15, 0.2) is 53.8 Å². The van der Waals surface area contributed by atoms with E-state index in [0.29, 0.717) is 23.8 Å². The van der Waals surface area contributed by atoms with Gasteiger partial charge in [-0.2, -0.15) is 0 Å². The quantitative estimate of drug-likeness (QED) is 0.168. The van der Waals surface area contributed by atoms with E-state index in [1.807, 2.05) is 24.3 Å². The second kappa shape index (κ2) is 12.1. The topological polar surface area (TPSA) is 94.5 Å². The van der Waals surface area contributed by atoms with Gasteiger partial charge in [-0.25, -0.2) is 22.7 Å². The molecular weight excluding hydrogens is 504 g/mol. The van der Waals surface area contributed by atoms with Crippen molar-refractivity contribution in [3.63, 3.8) is 0 Å². The lowest BCUT2D eigenvalue weighted by molar-refractivity contribution is 0.155. The summed E-state index contributed by atoms with van der Waals surface area (Å²) < 4.78 is 40.8. The van der Waals surface area contributed by atoms with Crippen molar-refractivity contribution in [2.75, 3.05) is 24.8 Å². The molecule has 2 heterocycles. The smallest absolute Gasteiger partial charge is 0.269 e. The number of anilines is 1. The Labute approximate surface area is 222 Å². The monoisotopic (exact) mass is 542 g/mol. The summed E-state index contributed by atoms with van der Waals surface area (Å²) in [4.78, 5) is 12.9. The number of sulfonamides is 1. The number of pyridine rings is 1. The van der Waals surface area contributed by atoms with Gasteiger partial charge >= 0.3 is 0 Å². The van der Waals surface area contributed by atoms with Crippen molar-refractivity contribution in [2.45, 2.75) is 57.8 Å². The fourth-order valence-corrected chi connectivity index (χ4v) is 5.98. The van der Waals surface area contributed by atoms with Crippen molar-refractivity contribution in [1.29, 1.82) is 0 Å². The van der Waals surface area contributed by atoms with E-state index in [1.54, 1.807) is 19.2 Å². The number of aryl methyl sites for hydroxylation is 1. The molecule has 0 saturated carbocycles. The average molecular weight is 543 g/mol. The molecule has 8 nitrogen and oxygen atoms in total. The molecule has 0 aliphatic rings. The van der Waals surface area contributed by atoms with Gasteiger partial charge in [-0.05, 0) is 42.5 Å². The van der Waals surface area contributed by atoms with Gasteiger partial charge in [-0.3, -0.25) is 4.98 Å². The predicted molar refractivity (Wildman–Crippen MR) is 150 cm³/mol. The summed E-state index contributed by atoms with van der Waals surface area (Å²) in [5, 5.41) is 0. The van der Waals surface area contributed by atoms with Crippen LogP contribution in [0.1, 0.15) is 25.1 Å². The summed E-state index contributed by atoms with van der Waals surface area (Å²) in [5.74, 6) is 0.715. The highest BCUT2D eigenvalue weighted by Gasteiger charge is 2.32. The van der Waals surface area contributed by atoms with Crippen LogP contribution < -0.4 is 9.04 Å². The minimum atomic E-state index is -4.15. The van der Waals surface area contributed by atoms with Crippen LogP contribution in [-0.4, -0.2) is 51.9 Å². The number of nitrogens with zero attached hydrogens (tertiary/aromatic N) is 4. The number of aromatic nitrogens is 3. The van der Waals surface area contributed by atoms with Crippen LogP contribution in [0.2, 0.25) is 25.7 Å². The second-order valence-electron chi connectivity index (χ2n) is 10.7. The van der Waals surface area contributed by atoms with Gasteiger partial charge in [0, 0.05) is 32.6 Å². The minimum Gasteiger partial charge on any atom is -0.478 e. The third-order valence-corrected chi connectivity index (χ3v) is 9.18. The molecule has 0 radical (unpaired) electrons. The normalized spacial score (nSPS) is 12.1. The van der Waals surface area contributed by atoms with Gasteiger partial charge < -0.3 is 9.47 Å². The molecule has 2 aromatic heterocycles. The summed E-state index contributed by atoms with van der Waals surface area (Å²) in [6.07, 6.45) is 5.43. The largest absolute Gasteiger partial charge is 0.478 e. The molecule has 0 unspecified atom stereocenters. The maximum Gasteiger partial charge on any atom is 0.269 e. The van der Waals surface area contributed by atoms with Crippen LogP contribution in [0.4, 0.5) is 5.82 Å². The van der Waals surface area contributed by atoms with E-state index < -0.39 is 18.1 Å². The van der Waals surface area contributed by atoms with Crippen molar-refractivity contribution in [2.24, 2.45) is 5.92 Å². The summed E-state index contributed by atoms with van der Waals surface area (Å²) in [7, 11) is -4.07. The molecule has 0 saturated heterocycles. The van der Waals surface area contributed by atoms with Crippen molar-refractivity contribution in [3.05, 3.63) is 60.2 Å². The fraction of sp³-hybridized carbons (Fsp3) is 0.444. The molecule has 0 amide bonds. The number of ether oxygens (including phenoxy) is 2. The van der Waals surface area contributed by atoms with Crippen molar-refractivity contribution in [1.82, 2.24) is 15.0 Å². The van der Waals surface area contributed by atoms with Crippen LogP contribution >= 0.6 is 0 Å². The van der Waals surface area contributed by atoms with Gasteiger partial charge in [0.05, 0.1) is 19.0 Å². The lowest BCUT2D eigenvalue weighted by Gasteiger charge is -2.26. The number of methoxy groups -OCH3 is 1. The number of hydrogen-bond acceptors (Lipinski definition) is 7. The Bertz CT molecular complexity index is 1290. The lowest BCUT2D eigenvalue weighted by atomic mass is 9.99. The Balaban J connectivity index is 2.05. The molecular formula is C27H38N4O4SSi. The Hall–Kier alpha value is -2.82. The van der Waals surface area contributed by atoms with Crippen LogP contribution in [0.25, 0.3) is 11.1 Å². The molecule has 3 aromatic rings. The van der Waals surface area contributed by atoms with Gasteiger partial charge in [0.1, 0.15) is 11.6 Å². The van der Waals surface area contributed by atoms with Crippen LogP contribution in [0.3, 0.4) is 0 Å². The molecule has 0 aliphatic carbocycles. The molecule has 200 valence electrons. The molecule has 37 heavy (non-hydrogen) atoms. The van der Waals surface area contributed by atoms with Crippen LogP contribution in [0, 0.1) is 12.8 Å². The number of rotatable bonds is 12. The maximum atomic E-state index is 14.2. The van der Waals surface area contributed by atoms with E-state index in [4.69, 9.17) is 9.47 Å². The molecule has 0 bridgehead atoms. The Morgan fingerprint density at radius 2 is 1.76 bits per heavy atom. The summed E-state index contributed by atoms with van der Waals surface area (Å²) in [6.45, 7) is 13.1. The zero-order valence-corrected chi connectivity index (χ0v) is 24.7. The molecule has 0 fully saturated rings. The Morgan fingerprint density at radius 1 is 1.05 bits per heavy atom. The summed E-state index contributed by atoms with van der Waals surface area (Å²) in [6, 6.07) is 10.6. The lowest BCUT2D eigenvalue weighted by Crippen LogP contribution is -2.35. The molecule has 3 rings (SSSR count). The zero-order chi connectivity index (χ0) is 27.2. The predicted octanol–water partition coefficient (Wildman–Crippen LogP) is 5.56. The number of benzene rings is 1. The van der Waals surface area contributed by atoms with Crippen LogP contribution in [-0.2, 0) is 21.2 Å². The molecule has 0 N–H and O–H groups in total. The van der Waals surface area contributed by atoms with Crippen molar-refractivity contribution in [3.8, 4) is 17.0 Å². The Kier molecular flexibility index (Phi) is 9.44. The van der Waals surface area contributed by atoms with Gasteiger partial charge in [0.25, 0.3) is 15.9 Å². The second-order valence-corrected chi connectivity index (χ2v) is 18.2. The number of hydrogen-bond donors (Lipinski definition) is 0. The van der Waals surface area contributed by atoms with E-state index in [9.17, 15) is 8.42 Å². The fourth-order valence-electron chi connectivity index (χ4n) is 3.76. The molecule has 0 spiro atoms. The first kappa shape index (κ1) is 28.7.